The molecule has 78 valence electrons. The van der Waals surface area contributed by atoms with Gasteiger partial charge in [0.05, 0.1) is 11.1 Å². The van der Waals surface area contributed by atoms with Crippen molar-refractivity contribution in [1.82, 2.24) is 0 Å². The summed E-state index contributed by atoms with van der Waals surface area (Å²) in [5.74, 6) is -2.61. The Labute approximate surface area is 81.5 Å². The van der Waals surface area contributed by atoms with Gasteiger partial charge in [-0.25, -0.2) is 9.59 Å². The Balaban J connectivity index is 5.40. The first kappa shape index (κ1) is 12.2. The molecule has 0 unspecified atom stereocenters. The lowest BCUT2D eigenvalue weighted by Crippen LogP contribution is -2.16. The fourth-order valence-electron chi connectivity index (χ4n) is 0.997. The third kappa shape index (κ3) is 2.93. The van der Waals surface area contributed by atoms with Crippen LogP contribution in [0.15, 0.2) is 22.9 Å². The number of carbonyl (C=O) groups is 2. The van der Waals surface area contributed by atoms with E-state index < -0.39 is 11.9 Å². The Hall–Kier alpha value is -1.78. The van der Waals surface area contributed by atoms with Gasteiger partial charge < -0.3 is 15.9 Å². The molecule has 0 spiro atoms. The van der Waals surface area contributed by atoms with Crippen LogP contribution in [0, 0.1) is 0 Å². The number of aliphatic carboxylic acids is 2. The van der Waals surface area contributed by atoms with E-state index in [1.54, 1.807) is 6.92 Å². The predicted octanol–water partition coefficient (Wildman–Crippen LogP) is 0.725. The summed E-state index contributed by atoms with van der Waals surface area (Å²) in [5, 5.41) is 17.5. The third-order valence-electron chi connectivity index (χ3n) is 1.52. The van der Waals surface area contributed by atoms with Crippen LogP contribution in [0.1, 0.15) is 20.3 Å². The van der Waals surface area contributed by atoms with Gasteiger partial charge in [0, 0.05) is 5.70 Å². The van der Waals surface area contributed by atoms with Gasteiger partial charge >= 0.3 is 11.9 Å². The average Bonchev–Trinajstić information content (AvgIpc) is 2.01. The Bertz CT molecular complexity index is 311. The lowest BCUT2D eigenvalue weighted by Gasteiger charge is -2.05. The molecule has 0 rings (SSSR count). The maximum absolute atomic E-state index is 10.7. The molecule has 0 fully saturated rings. The minimum absolute atomic E-state index is 0.0143. The number of allylic oxidation sites excluding steroid dienone is 2. The first-order chi connectivity index (χ1) is 6.41. The number of carboxylic acid groups (broad SMARTS) is 2. The zero-order valence-electron chi connectivity index (χ0n) is 8.07. The Morgan fingerprint density at radius 2 is 1.79 bits per heavy atom. The van der Waals surface area contributed by atoms with E-state index in [2.05, 4.69) is 0 Å². The summed E-state index contributed by atoms with van der Waals surface area (Å²) in [6.07, 6.45) is 1.76. The van der Waals surface area contributed by atoms with E-state index in [1.165, 1.54) is 13.0 Å². The lowest BCUT2D eigenvalue weighted by molar-refractivity contribution is -0.136. The topological polar surface area (TPSA) is 101 Å². The molecule has 0 radical (unpaired) electrons. The number of nitrogens with two attached hydrogens (primary N) is 1. The summed E-state index contributed by atoms with van der Waals surface area (Å²) in [4.78, 5) is 21.4. The smallest absolute Gasteiger partial charge is 0.338 e. The molecule has 0 aromatic carbocycles. The number of hydrogen-bond acceptors (Lipinski definition) is 3. The number of hydrogen-bond donors (Lipinski definition) is 3. The minimum Gasteiger partial charge on any atom is -0.478 e. The molecule has 0 aliphatic carbocycles. The summed E-state index contributed by atoms with van der Waals surface area (Å²) >= 11 is 0. The summed E-state index contributed by atoms with van der Waals surface area (Å²) in [6, 6.07) is 0. The molecule has 0 atom stereocenters. The van der Waals surface area contributed by atoms with Crippen molar-refractivity contribution >= 4 is 11.9 Å². The molecule has 0 aliphatic rings. The Kier molecular flexibility index (Phi) is 4.42. The van der Waals surface area contributed by atoms with E-state index in [4.69, 9.17) is 15.9 Å². The molecular formula is C9H13NO4. The highest BCUT2D eigenvalue weighted by atomic mass is 16.4. The second-order valence-electron chi connectivity index (χ2n) is 2.69. The lowest BCUT2D eigenvalue weighted by atomic mass is 10.0. The summed E-state index contributed by atoms with van der Waals surface area (Å²) in [6.45, 7) is 3.07. The Morgan fingerprint density at radius 3 is 2.00 bits per heavy atom. The van der Waals surface area contributed by atoms with Gasteiger partial charge in [-0.15, -0.1) is 0 Å². The van der Waals surface area contributed by atoms with Gasteiger partial charge in [0.1, 0.15) is 0 Å². The van der Waals surface area contributed by atoms with Crippen LogP contribution >= 0.6 is 0 Å². The average molecular weight is 199 g/mol. The minimum atomic E-state index is -1.33. The van der Waals surface area contributed by atoms with Crippen molar-refractivity contribution in [2.75, 3.05) is 0 Å². The van der Waals surface area contributed by atoms with Gasteiger partial charge in [-0.05, 0) is 13.3 Å². The van der Waals surface area contributed by atoms with E-state index in [9.17, 15) is 9.59 Å². The second kappa shape index (κ2) is 5.06. The zero-order valence-corrected chi connectivity index (χ0v) is 8.07. The normalized spacial score (nSPS) is 13.4. The van der Waals surface area contributed by atoms with Crippen LogP contribution in [-0.4, -0.2) is 22.2 Å². The molecule has 14 heavy (non-hydrogen) atoms. The quantitative estimate of drug-likeness (QED) is 0.457. The number of carboxylic acids is 2. The van der Waals surface area contributed by atoms with Gasteiger partial charge in [0.2, 0.25) is 0 Å². The first-order valence-corrected chi connectivity index (χ1v) is 4.05. The van der Waals surface area contributed by atoms with Crippen LogP contribution in [0.3, 0.4) is 0 Å². The van der Waals surface area contributed by atoms with Gasteiger partial charge in [0.25, 0.3) is 0 Å². The highest BCUT2D eigenvalue weighted by Gasteiger charge is 2.20. The number of rotatable bonds is 4. The molecule has 5 nitrogen and oxygen atoms in total. The van der Waals surface area contributed by atoms with Crippen LogP contribution in [0.5, 0.6) is 0 Å². The SMILES string of the molecule is CC/C=C(C(=O)O)\C(C(=O)O)=C(/C)N. The predicted molar refractivity (Wildman–Crippen MR) is 50.5 cm³/mol. The molecule has 0 saturated heterocycles. The van der Waals surface area contributed by atoms with Crippen molar-refractivity contribution in [3.63, 3.8) is 0 Å². The molecule has 4 N–H and O–H groups in total. The van der Waals surface area contributed by atoms with E-state index in [0.717, 1.165) is 0 Å². The fourth-order valence-corrected chi connectivity index (χ4v) is 0.997. The molecule has 0 amide bonds. The molecule has 0 aromatic rings. The van der Waals surface area contributed by atoms with Crippen molar-refractivity contribution in [3.05, 3.63) is 22.9 Å². The monoisotopic (exact) mass is 199 g/mol. The van der Waals surface area contributed by atoms with E-state index in [1.807, 2.05) is 0 Å². The van der Waals surface area contributed by atoms with Crippen molar-refractivity contribution in [2.24, 2.45) is 5.73 Å². The molecule has 0 aromatic heterocycles. The summed E-state index contributed by atoms with van der Waals surface area (Å²) in [5.41, 5.74) is 4.68. The van der Waals surface area contributed by atoms with E-state index in [0.29, 0.717) is 6.42 Å². The highest BCUT2D eigenvalue weighted by molar-refractivity contribution is 6.05. The van der Waals surface area contributed by atoms with Crippen molar-refractivity contribution in [2.45, 2.75) is 20.3 Å². The van der Waals surface area contributed by atoms with Gasteiger partial charge in [-0.1, -0.05) is 13.0 Å². The van der Waals surface area contributed by atoms with Crippen LogP contribution in [0.4, 0.5) is 0 Å². The van der Waals surface area contributed by atoms with Crippen LogP contribution in [-0.2, 0) is 9.59 Å². The summed E-state index contributed by atoms with van der Waals surface area (Å²) in [7, 11) is 0. The van der Waals surface area contributed by atoms with Gasteiger partial charge in [-0.2, -0.15) is 0 Å². The molecule has 5 heteroatoms. The zero-order chi connectivity index (χ0) is 11.3. The third-order valence-corrected chi connectivity index (χ3v) is 1.52. The molecule has 0 heterocycles. The van der Waals surface area contributed by atoms with Crippen molar-refractivity contribution in [3.8, 4) is 0 Å². The maximum atomic E-state index is 10.7. The Morgan fingerprint density at radius 1 is 1.29 bits per heavy atom. The molecule has 0 saturated carbocycles. The molecule has 0 aliphatic heterocycles. The fraction of sp³-hybridized carbons (Fsp3) is 0.333. The van der Waals surface area contributed by atoms with Crippen LogP contribution < -0.4 is 5.73 Å². The van der Waals surface area contributed by atoms with E-state index in [-0.39, 0.29) is 16.8 Å². The van der Waals surface area contributed by atoms with Crippen molar-refractivity contribution < 1.29 is 19.8 Å². The van der Waals surface area contributed by atoms with Gasteiger partial charge in [0.15, 0.2) is 0 Å². The standard InChI is InChI=1S/C9H13NO4/c1-3-4-6(8(11)12)7(5(2)10)9(13)14/h4H,3,10H2,1-2H3,(H,11,12)(H,13,14)/b6-4+,7-5-. The summed E-state index contributed by atoms with van der Waals surface area (Å²) < 4.78 is 0. The maximum Gasteiger partial charge on any atom is 0.338 e. The first-order valence-electron chi connectivity index (χ1n) is 4.05. The van der Waals surface area contributed by atoms with Crippen molar-refractivity contribution in [1.29, 1.82) is 0 Å². The van der Waals surface area contributed by atoms with E-state index >= 15 is 0 Å². The van der Waals surface area contributed by atoms with Crippen LogP contribution in [0.25, 0.3) is 0 Å². The molecule has 0 bridgehead atoms. The largest absolute Gasteiger partial charge is 0.478 e. The second-order valence-corrected chi connectivity index (χ2v) is 2.69. The molecular weight excluding hydrogens is 186 g/mol. The van der Waals surface area contributed by atoms with Crippen LogP contribution in [0.2, 0.25) is 0 Å². The highest BCUT2D eigenvalue weighted by Crippen LogP contribution is 2.14. The van der Waals surface area contributed by atoms with Gasteiger partial charge in [-0.3, -0.25) is 0 Å².